The normalized spacial score (nSPS) is 18.6. The Morgan fingerprint density at radius 2 is 1.80 bits per heavy atom. The summed E-state index contributed by atoms with van der Waals surface area (Å²) in [5.41, 5.74) is 2.18. The molecule has 1 saturated carbocycles. The SMILES string of the molecule is COc1ccccc1CN(C)CC1CC1c1cc(F)ccc1OC.Cl. The van der Waals surface area contributed by atoms with Crippen LogP contribution in [0.25, 0.3) is 0 Å². The van der Waals surface area contributed by atoms with E-state index in [1.165, 1.54) is 11.6 Å². The zero-order valence-corrected chi connectivity index (χ0v) is 15.7. The molecule has 25 heavy (non-hydrogen) atoms. The van der Waals surface area contributed by atoms with Crippen molar-refractivity contribution in [2.75, 3.05) is 27.8 Å². The number of rotatable bonds is 7. The highest BCUT2D eigenvalue weighted by molar-refractivity contribution is 5.85. The van der Waals surface area contributed by atoms with Crippen LogP contribution in [-0.2, 0) is 6.54 Å². The van der Waals surface area contributed by atoms with Gasteiger partial charge in [-0.1, -0.05) is 18.2 Å². The van der Waals surface area contributed by atoms with E-state index >= 15 is 0 Å². The standard InChI is InChI=1S/C20H24FNO2.ClH/c1-22(12-14-6-4-5-7-19(14)23-2)13-15-10-17(15)18-11-16(21)8-9-20(18)24-3;/h4-9,11,15,17H,10,12-13H2,1-3H3;1H. The van der Waals surface area contributed by atoms with E-state index in [4.69, 9.17) is 9.47 Å². The summed E-state index contributed by atoms with van der Waals surface area (Å²) < 4.78 is 24.4. The molecule has 2 unspecified atom stereocenters. The van der Waals surface area contributed by atoms with Crippen LogP contribution in [0.4, 0.5) is 4.39 Å². The molecule has 1 fully saturated rings. The Bertz CT molecular complexity index is 710. The number of methoxy groups -OCH3 is 2. The first kappa shape index (κ1) is 19.5. The van der Waals surface area contributed by atoms with E-state index in [1.807, 2.05) is 18.2 Å². The van der Waals surface area contributed by atoms with Gasteiger partial charge in [-0.3, -0.25) is 0 Å². The second-order valence-electron chi connectivity index (χ2n) is 6.50. The fourth-order valence-corrected chi connectivity index (χ4v) is 3.41. The number of ether oxygens (including phenoxy) is 2. The smallest absolute Gasteiger partial charge is 0.123 e. The van der Waals surface area contributed by atoms with Crippen molar-refractivity contribution in [3.8, 4) is 11.5 Å². The third-order valence-corrected chi connectivity index (χ3v) is 4.69. The molecule has 0 heterocycles. The Morgan fingerprint density at radius 3 is 2.52 bits per heavy atom. The van der Waals surface area contributed by atoms with Crippen molar-refractivity contribution < 1.29 is 13.9 Å². The van der Waals surface area contributed by atoms with Crippen molar-refractivity contribution in [3.63, 3.8) is 0 Å². The summed E-state index contributed by atoms with van der Waals surface area (Å²) in [6.07, 6.45) is 1.08. The monoisotopic (exact) mass is 365 g/mol. The molecule has 0 aliphatic heterocycles. The molecule has 0 spiro atoms. The van der Waals surface area contributed by atoms with E-state index < -0.39 is 0 Å². The quantitative estimate of drug-likeness (QED) is 0.721. The lowest BCUT2D eigenvalue weighted by Gasteiger charge is -2.18. The van der Waals surface area contributed by atoms with Gasteiger partial charge >= 0.3 is 0 Å². The van der Waals surface area contributed by atoms with Gasteiger partial charge < -0.3 is 14.4 Å². The summed E-state index contributed by atoms with van der Waals surface area (Å²) in [5, 5.41) is 0. The van der Waals surface area contributed by atoms with Crippen LogP contribution in [0, 0.1) is 11.7 Å². The molecule has 2 atom stereocenters. The predicted octanol–water partition coefficient (Wildman–Crippen LogP) is 4.50. The van der Waals surface area contributed by atoms with Crippen LogP contribution in [-0.4, -0.2) is 32.7 Å². The van der Waals surface area contributed by atoms with E-state index in [2.05, 4.69) is 18.0 Å². The van der Waals surface area contributed by atoms with Crippen molar-refractivity contribution >= 4 is 12.4 Å². The largest absolute Gasteiger partial charge is 0.496 e. The average molecular weight is 366 g/mol. The lowest BCUT2D eigenvalue weighted by molar-refractivity contribution is 0.302. The van der Waals surface area contributed by atoms with Crippen LogP contribution in [0.5, 0.6) is 11.5 Å². The Hall–Kier alpha value is -1.78. The van der Waals surface area contributed by atoms with Crippen molar-refractivity contribution in [1.29, 1.82) is 0 Å². The fourth-order valence-electron chi connectivity index (χ4n) is 3.41. The molecule has 0 amide bonds. The van der Waals surface area contributed by atoms with E-state index in [0.29, 0.717) is 11.8 Å². The van der Waals surface area contributed by atoms with Crippen molar-refractivity contribution in [2.45, 2.75) is 18.9 Å². The first-order valence-electron chi connectivity index (χ1n) is 8.26. The summed E-state index contributed by atoms with van der Waals surface area (Å²) in [7, 11) is 5.46. The van der Waals surface area contributed by atoms with Gasteiger partial charge in [0.25, 0.3) is 0 Å². The maximum absolute atomic E-state index is 13.6. The molecule has 0 aromatic heterocycles. The molecule has 0 N–H and O–H groups in total. The first-order chi connectivity index (χ1) is 11.6. The number of benzene rings is 2. The molecule has 0 radical (unpaired) electrons. The zero-order chi connectivity index (χ0) is 17.1. The van der Waals surface area contributed by atoms with Gasteiger partial charge in [-0.05, 0) is 49.6 Å². The van der Waals surface area contributed by atoms with Crippen LogP contribution in [0.1, 0.15) is 23.5 Å². The summed E-state index contributed by atoms with van der Waals surface area (Å²) >= 11 is 0. The van der Waals surface area contributed by atoms with E-state index in [9.17, 15) is 4.39 Å². The molecule has 3 nitrogen and oxygen atoms in total. The maximum Gasteiger partial charge on any atom is 0.123 e. The predicted molar refractivity (Wildman–Crippen MR) is 100 cm³/mol. The van der Waals surface area contributed by atoms with E-state index in [-0.39, 0.29) is 18.2 Å². The molecule has 3 rings (SSSR count). The van der Waals surface area contributed by atoms with E-state index in [0.717, 1.165) is 36.6 Å². The van der Waals surface area contributed by atoms with Crippen LogP contribution in [0.2, 0.25) is 0 Å². The summed E-state index contributed by atoms with van der Waals surface area (Å²) in [6, 6.07) is 12.9. The zero-order valence-electron chi connectivity index (χ0n) is 14.9. The second-order valence-corrected chi connectivity index (χ2v) is 6.50. The topological polar surface area (TPSA) is 21.7 Å². The minimum absolute atomic E-state index is 0. The van der Waals surface area contributed by atoms with Crippen LogP contribution >= 0.6 is 12.4 Å². The number of hydrogen-bond acceptors (Lipinski definition) is 3. The van der Waals surface area contributed by atoms with Gasteiger partial charge in [0.15, 0.2) is 0 Å². The first-order valence-corrected chi connectivity index (χ1v) is 8.26. The molecule has 136 valence electrons. The molecule has 2 aromatic rings. The maximum atomic E-state index is 13.6. The number of halogens is 2. The molecule has 2 aromatic carbocycles. The van der Waals surface area contributed by atoms with Crippen molar-refractivity contribution in [3.05, 3.63) is 59.4 Å². The van der Waals surface area contributed by atoms with Crippen LogP contribution in [0.15, 0.2) is 42.5 Å². The minimum atomic E-state index is -0.196. The van der Waals surface area contributed by atoms with Gasteiger partial charge in [0.05, 0.1) is 14.2 Å². The van der Waals surface area contributed by atoms with Crippen molar-refractivity contribution in [2.24, 2.45) is 5.92 Å². The highest BCUT2D eigenvalue weighted by Crippen LogP contribution is 2.50. The molecule has 1 aliphatic carbocycles. The molecule has 0 bridgehead atoms. The summed E-state index contributed by atoms with van der Waals surface area (Å²) in [5.74, 6) is 2.44. The summed E-state index contributed by atoms with van der Waals surface area (Å²) in [6.45, 7) is 1.82. The molecule has 1 aliphatic rings. The highest BCUT2D eigenvalue weighted by atomic mass is 35.5. The molecular formula is C20H25ClFNO2. The third-order valence-electron chi connectivity index (χ3n) is 4.69. The molecular weight excluding hydrogens is 341 g/mol. The lowest BCUT2D eigenvalue weighted by Crippen LogP contribution is -2.21. The van der Waals surface area contributed by atoms with Crippen LogP contribution in [0.3, 0.4) is 0 Å². The summed E-state index contributed by atoms with van der Waals surface area (Å²) in [4.78, 5) is 2.30. The van der Waals surface area contributed by atoms with Gasteiger partial charge in [0, 0.05) is 24.2 Å². The lowest BCUT2D eigenvalue weighted by atomic mass is 10.1. The second kappa shape index (κ2) is 8.54. The third kappa shape index (κ3) is 4.65. The number of hydrogen-bond donors (Lipinski definition) is 0. The number of para-hydroxylation sites is 1. The van der Waals surface area contributed by atoms with Gasteiger partial charge in [-0.25, -0.2) is 4.39 Å². The van der Waals surface area contributed by atoms with Gasteiger partial charge in [-0.15, -0.1) is 12.4 Å². The molecule has 5 heteroatoms. The Kier molecular flexibility index (Phi) is 6.68. The minimum Gasteiger partial charge on any atom is -0.496 e. The van der Waals surface area contributed by atoms with Gasteiger partial charge in [0.2, 0.25) is 0 Å². The van der Waals surface area contributed by atoms with Crippen LogP contribution < -0.4 is 9.47 Å². The van der Waals surface area contributed by atoms with Gasteiger partial charge in [-0.2, -0.15) is 0 Å². The van der Waals surface area contributed by atoms with E-state index in [1.54, 1.807) is 26.4 Å². The fraction of sp³-hybridized carbons (Fsp3) is 0.400. The Balaban J connectivity index is 0.00000225. The Labute approximate surface area is 155 Å². The highest BCUT2D eigenvalue weighted by Gasteiger charge is 2.40. The number of nitrogens with zero attached hydrogens (tertiary/aromatic N) is 1. The van der Waals surface area contributed by atoms with Gasteiger partial charge in [0.1, 0.15) is 17.3 Å². The molecule has 0 saturated heterocycles. The average Bonchev–Trinajstić information content (AvgIpc) is 3.34. The van der Waals surface area contributed by atoms with Crippen molar-refractivity contribution in [1.82, 2.24) is 4.90 Å². The Morgan fingerprint density at radius 1 is 1.08 bits per heavy atom.